The van der Waals surface area contributed by atoms with Gasteiger partial charge in [0.1, 0.15) is 5.56 Å². The SMILES string of the molecule is CC[C@H]1CN(C(=O)c2c[nH]c(=O)n(C)c2=O)CC[C@H]1c1ccccc1. The fourth-order valence-electron chi connectivity index (χ4n) is 3.66. The highest BCUT2D eigenvalue weighted by molar-refractivity contribution is 5.93. The van der Waals surface area contributed by atoms with Gasteiger partial charge in [0, 0.05) is 26.3 Å². The zero-order valence-electron chi connectivity index (χ0n) is 14.6. The molecule has 0 saturated carbocycles. The zero-order chi connectivity index (χ0) is 18.0. The summed E-state index contributed by atoms with van der Waals surface area (Å²) in [6, 6.07) is 10.4. The normalized spacial score (nSPS) is 20.5. The highest BCUT2D eigenvalue weighted by Gasteiger charge is 2.32. The highest BCUT2D eigenvalue weighted by atomic mass is 16.2. The van der Waals surface area contributed by atoms with Gasteiger partial charge in [-0.15, -0.1) is 0 Å². The number of hydrogen-bond acceptors (Lipinski definition) is 3. The van der Waals surface area contributed by atoms with E-state index < -0.39 is 11.2 Å². The van der Waals surface area contributed by atoms with Crippen molar-refractivity contribution in [3.05, 3.63) is 68.5 Å². The molecule has 25 heavy (non-hydrogen) atoms. The molecule has 1 aromatic heterocycles. The van der Waals surface area contributed by atoms with Crippen molar-refractivity contribution in [2.45, 2.75) is 25.7 Å². The second-order valence-corrected chi connectivity index (χ2v) is 6.60. The number of piperidine rings is 1. The number of H-pyrrole nitrogens is 1. The van der Waals surface area contributed by atoms with Gasteiger partial charge in [0.2, 0.25) is 0 Å². The predicted molar refractivity (Wildman–Crippen MR) is 95.8 cm³/mol. The number of aromatic nitrogens is 2. The molecule has 0 radical (unpaired) electrons. The largest absolute Gasteiger partial charge is 0.338 e. The standard InChI is InChI=1S/C19H23N3O3/c1-3-13-12-22(10-9-15(13)14-7-5-4-6-8-14)18(24)16-11-20-19(25)21(2)17(16)23/h4-8,11,13,15H,3,9-10,12H2,1-2H3,(H,20,25)/t13-,15+/m0/s1. The summed E-state index contributed by atoms with van der Waals surface area (Å²) in [6.07, 6.45) is 3.07. The van der Waals surface area contributed by atoms with E-state index >= 15 is 0 Å². The van der Waals surface area contributed by atoms with Crippen LogP contribution in [-0.2, 0) is 7.05 Å². The third kappa shape index (κ3) is 3.29. The topological polar surface area (TPSA) is 75.2 Å². The number of nitrogens with one attached hydrogen (secondary N) is 1. The van der Waals surface area contributed by atoms with Gasteiger partial charge < -0.3 is 9.88 Å². The fourth-order valence-corrected chi connectivity index (χ4v) is 3.66. The van der Waals surface area contributed by atoms with Crippen LogP contribution in [0.4, 0.5) is 0 Å². The minimum Gasteiger partial charge on any atom is -0.338 e. The van der Waals surface area contributed by atoms with Gasteiger partial charge in [-0.3, -0.25) is 14.2 Å². The van der Waals surface area contributed by atoms with Gasteiger partial charge >= 0.3 is 5.69 Å². The first-order valence-corrected chi connectivity index (χ1v) is 8.65. The van der Waals surface area contributed by atoms with E-state index in [0.717, 1.165) is 17.4 Å². The molecule has 132 valence electrons. The molecule has 1 aliphatic heterocycles. The van der Waals surface area contributed by atoms with Crippen LogP contribution in [-0.4, -0.2) is 33.4 Å². The number of nitrogens with zero attached hydrogens (tertiary/aromatic N) is 2. The summed E-state index contributed by atoms with van der Waals surface area (Å²) in [5.74, 6) is 0.474. The summed E-state index contributed by atoms with van der Waals surface area (Å²) in [6.45, 7) is 3.36. The summed E-state index contributed by atoms with van der Waals surface area (Å²) < 4.78 is 0.932. The Morgan fingerprint density at radius 1 is 1.24 bits per heavy atom. The Labute approximate surface area is 146 Å². The molecule has 1 amide bonds. The zero-order valence-corrected chi connectivity index (χ0v) is 14.6. The molecule has 1 aliphatic rings. The maximum atomic E-state index is 12.8. The molecule has 1 fully saturated rings. The number of rotatable bonds is 3. The first kappa shape index (κ1) is 17.2. The monoisotopic (exact) mass is 341 g/mol. The van der Waals surface area contributed by atoms with Gasteiger partial charge in [0.05, 0.1) is 0 Å². The van der Waals surface area contributed by atoms with Crippen LogP contribution in [0.25, 0.3) is 0 Å². The first-order chi connectivity index (χ1) is 12.0. The van der Waals surface area contributed by atoms with Gasteiger partial charge in [0.25, 0.3) is 11.5 Å². The van der Waals surface area contributed by atoms with Crippen molar-refractivity contribution >= 4 is 5.91 Å². The molecule has 2 atom stereocenters. The van der Waals surface area contributed by atoms with Crippen LogP contribution < -0.4 is 11.2 Å². The quantitative estimate of drug-likeness (QED) is 0.924. The van der Waals surface area contributed by atoms with Crippen molar-refractivity contribution < 1.29 is 4.79 Å². The Hall–Kier alpha value is -2.63. The molecule has 1 N–H and O–H groups in total. The highest BCUT2D eigenvalue weighted by Crippen LogP contribution is 2.35. The Bertz CT molecular complexity index is 869. The molecule has 2 aromatic rings. The van der Waals surface area contributed by atoms with Crippen LogP contribution >= 0.6 is 0 Å². The molecule has 6 nitrogen and oxygen atoms in total. The molecule has 0 spiro atoms. The van der Waals surface area contributed by atoms with E-state index in [-0.39, 0.29) is 11.5 Å². The molecular weight excluding hydrogens is 318 g/mol. The molecule has 3 rings (SSSR count). The maximum Gasteiger partial charge on any atom is 0.328 e. The van der Waals surface area contributed by atoms with Crippen molar-refractivity contribution in [3.8, 4) is 0 Å². The maximum absolute atomic E-state index is 12.8. The van der Waals surface area contributed by atoms with E-state index in [0.29, 0.717) is 24.9 Å². The molecular formula is C19H23N3O3. The number of benzene rings is 1. The smallest absolute Gasteiger partial charge is 0.328 e. The van der Waals surface area contributed by atoms with Crippen molar-refractivity contribution in [1.29, 1.82) is 0 Å². The van der Waals surface area contributed by atoms with Crippen molar-refractivity contribution in [2.75, 3.05) is 13.1 Å². The Morgan fingerprint density at radius 3 is 2.64 bits per heavy atom. The van der Waals surface area contributed by atoms with Crippen LogP contribution in [0.2, 0.25) is 0 Å². The van der Waals surface area contributed by atoms with E-state index in [4.69, 9.17) is 0 Å². The van der Waals surface area contributed by atoms with E-state index in [1.807, 2.05) is 18.2 Å². The Kier molecular flexibility index (Phi) is 4.88. The van der Waals surface area contributed by atoms with E-state index in [9.17, 15) is 14.4 Å². The third-order valence-electron chi connectivity index (χ3n) is 5.18. The van der Waals surface area contributed by atoms with Crippen LogP contribution in [0.15, 0.2) is 46.1 Å². The number of carbonyl (C=O) groups excluding carboxylic acids is 1. The molecule has 0 bridgehead atoms. The molecule has 2 heterocycles. The van der Waals surface area contributed by atoms with Gasteiger partial charge in [-0.2, -0.15) is 0 Å². The van der Waals surface area contributed by atoms with Gasteiger partial charge in [0.15, 0.2) is 0 Å². The summed E-state index contributed by atoms with van der Waals surface area (Å²) >= 11 is 0. The molecule has 0 unspecified atom stereocenters. The average Bonchev–Trinajstić information content (AvgIpc) is 2.66. The second-order valence-electron chi connectivity index (χ2n) is 6.60. The Morgan fingerprint density at radius 2 is 1.96 bits per heavy atom. The number of amides is 1. The second kappa shape index (κ2) is 7.09. The lowest BCUT2D eigenvalue weighted by Gasteiger charge is -2.38. The molecule has 0 aliphatic carbocycles. The molecule has 1 saturated heterocycles. The number of hydrogen-bond donors (Lipinski definition) is 1. The fraction of sp³-hybridized carbons (Fsp3) is 0.421. The van der Waals surface area contributed by atoms with Gasteiger partial charge in [-0.05, 0) is 23.8 Å². The number of carbonyl (C=O) groups is 1. The summed E-state index contributed by atoms with van der Waals surface area (Å²) in [7, 11) is 1.37. The summed E-state index contributed by atoms with van der Waals surface area (Å²) in [5, 5.41) is 0. The summed E-state index contributed by atoms with van der Waals surface area (Å²) in [5.41, 5.74) is 0.263. The average molecular weight is 341 g/mol. The minimum atomic E-state index is -0.549. The predicted octanol–water partition coefficient (Wildman–Crippen LogP) is 1.73. The van der Waals surface area contributed by atoms with Crippen LogP contribution in [0.5, 0.6) is 0 Å². The van der Waals surface area contributed by atoms with Crippen molar-refractivity contribution in [3.63, 3.8) is 0 Å². The van der Waals surface area contributed by atoms with Crippen LogP contribution in [0, 0.1) is 5.92 Å². The number of likely N-dealkylation sites (tertiary alicyclic amines) is 1. The lowest BCUT2D eigenvalue weighted by molar-refractivity contribution is 0.0642. The van der Waals surface area contributed by atoms with E-state index in [1.54, 1.807) is 4.90 Å². The van der Waals surface area contributed by atoms with Crippen molar-refractivity contribution in [2.24, 2.45) is 13.0 Å². The number of aromatic amines is 1. The Balaban J connectivity index is 1.82. The van der Waals surface area contributed by atoms with E-state index in [1.165, 1.54) is 18.8 Å². The first-order valence-electron chi connectivity index (χ1n) is 8.65. The van der Waals surface area contributed by atoms with Gasteiger partial charge in [-0.1, -0.05) is 43.7 Å². The van der Waals surface area contributed by atoms with Gasteiger partial charge in [-0.25, -0.2) is 4.79 Å². The molecule has 6 heteroatoms. The lowest BCUT2D eigenvalue weighted by atomic mass is 9.79. The lowest BCUT2D eigenvalue weighted by Crippen LogP contribution is -2.46. The third-order valence-corrected chi connectivity index (χ3v) is 5.18. The summed E-state index contributed by atoms with van der Waals surface area (Å²) in [4.78, 5) is 40.6. The van der Waals surface area contributed by atoms with E-state index in [2.05, 4.69) is 24.0 Å². The van der Waals surface area contributed by atoms with Crippen molar-refractivity contribution in [1.82, 2.24) is 14.5 Å². The molecule has 1 aromatic carbocycles. The van der Waals surface area contributed by atoms with Crippen LogP contribution in [0.1, 0.15) is 41.6 Å². The van der Waals surface area contributed by atoms with Crippen LogP contribution in [0.3, 0.4) is 0 Å². The minimum absolute atomic E-state index is 0.0233.